The molecule has 8 nitrogen and oxygen atoms in total. The molecule has 0 aliphatic heterocycles. The van der Waals surface area contributed by atoms with Gasteiger partial charge in [0.2, 0.25) is 17.7 Å². The van der Waals surface area contributed by atoms with Crippen LogP contribution in [-0.2, 0) is 31.0 Å². The Morgan fingerprint density at radius 3 is 2.31 bits per heavy atom. The van der Waals surface area contributed by atoms with E-state index in [1.807, 2.05) is 18.6 Å². The maximum Gasteiger partial charge on any atom is 0.264 e. The van der Waals surface area contributed by atoms with E-state index in [4.69, 9.17) is 11.6 Å². The fourth-order valence-electron chi connectivity index (χ4n) is 3.49. The molecule has 2 aromatic carbocycles. The molecule has 3 N–H and O–H groups in total. The van der Waals surface area contributed by atoms with Crippen LogP contribution in [0.3, 0.4) is 0 Å². The monoisotopic (exact) mass is 539 g/mol. The summed E-state index contributed by atoms with van der Waals surface area (Å²) in [5.74, 6) is -0.617. The number of carbonyl (C=O) groups is 3. The van der Waals surface area contributed by atoms with Crippen LogP contribution >= 0.6 is 24.2 Å². The Kier molecular flexibility index (Phi) is 10.6. The molecule has 0 saturated heterocycles. The van der Waals surface area contributed by atoms with Gasteiger partial charge in [-0.25, -0.2) is 13.1 Å². The zero-order chi connectivity index (χ0) is 26.2. The molecule has 11 heteroatoms. The molecule has 190 valence electrons. The van der Waals surface area contributed by atoms with Gasteiger partial charge in [0.1, 0.15) is 6.42 Å². The third kappa shape index (κ3) is 8.87. The van der Waals surface area contributed by atoms with Crippen LogP contribution in [0.1, 0.15) is 39.2 Å². The zero-order valence-corrected chi connectivity index (χ0v) is 22.3. The summed E-state index contributed by atoms with van der Waals surface area (Å²) in [7, 11) is -4.07. The normalized spacial score (nSPS) is 12.2. The molecule has 35 heavy (non-hydrogen) atoms. The van der Waals surface area contributed by atoms with E-state index >= 15 is 0 Å². The first-order valence-electron chi connectivity index (χ1n) is 11.0. The third-order valence-electron chi connectivity index (χ3n) is 4.93. The van der Waals surface area contributed by atoms with Crippen molar-refractivity contribution < 1.29 is 22.8 Å². The van der Waals surface area contributed by atoms with Crippen molar-refractivity contribution in [3.8, 4) is 11.1 Å². The lowest BCUT2D eigenvalue weighted by atomic mass is 10.0. The van der Waals surface area contributed by atoms with Gasteiger partial charge in [-0.2, -0.15) is 12.6 Å². The van der Waals surface area contributed by atoms with Gasteiger partial charge in [0.15, 0.2) is 0 Å². The highest BCUT2D eigenvalue weighted by Gasteiger charge is 2.21. The summed E-state index contributed by atoms with van der Waals surface area (Å²) in [6.07, 6.45) is 0.472. The second kappa shape index (κ2) is 12.9. The van der Waals surface area contributed by atoms with E-state index in [1.165, 1.54) is 6.07 Å². The average molecular weight is 540 g/mol. The maximum absolute atomic E-state index is 12.6. The molecule has 3 amide bonds. The van der Waals surface area contributed by atoms with Crippen LogP contribution in [0.2, 0.25) is 5.02 Å². The third-order valence-corrected chi connectivity index (χ3v) is 7.18. The van der Waals surface area contributed by atoms with Crippen molar-refractivity contribution >= 4 is 52.0 Å². The number of halogens is 1. The summed E-state index contributed by atoms with van der Waals surface area (Å²) in [6.45, 7) is 5.35. The van der Waals surface area contributed by atoms with Crippen molar-refractivity contribution in [3.05, 3.63) is 53.1 Å². The molecule has 0 spiro atoms. The molecule has 0 bridgehead atoms. The van der Waals surface area contributed by atoms with E-state index in [0.717, 1.165) is 13.3 Å². The van der Waals surface area contributed by atoms with Crippen molar-refractivity contribution in [2.75, 3.05) is 5.75 Å². The summed E-state index contributed by atoms with van der Waals surface area (Å²) in [5.41, 5.74) is 1.45. The van der Waals surface area contributed by atoms with Gasteiger partial charge in [-0.15, -0.1) is 0 Å². The Balaban J connectivity index is 2.07. The fourth-order valence-corrected chi connectivity index (χ4v) is 5.25. The van der Waals surface area contributed by atoms with Crippen LogP contribution in [0.4, 0.5) is 0 Å². The van der Waals surface area contributed by atoms with E-state index in [0.29, 0.717) is 28.4 Å². The van der Waals surface area contributed by atoms with E-state index < -0.39 is 21.8 Å². The summed E-state index contributed by atoms with van der Waals surface area (Å²) in [4.78, 5) is 35.6. The minimum atomic E-state index is -4.07. The van der Waals surface area contributed by atoms with Gasteiger partial charge in [-0.05, 0) is 30.0 Å². The number of amides is 3. The van der Waals surface area contributed by atoms with E-state index in [1.54, 1.807) is 36.4 Å². The Hall–Kier alpha value is -2.56. The molecule has 2 rings (SSSR count). The number of hydrogen-bond acceptors (Lipinski definition) is 6. The fraction of sp³-hybridized carbons (Fsp3) is 0.375. The predicted octanol–water partition coefficient (Wildman–Crippen LogP) is 3.30. The smallest absolute Gasteiger partial charge is 0.264 e. The number of nitrogens with one attached hydrogen (secondary N) is 3. The van der Waals surface area contributed by atoms with Crippen molar-refractivity contribution in [2.45, 2.75) is 51.1 Å². The van der Waals surface area contributed by atoms with Gasteiger partial charge in [0.05, 0.1) is 4.90 Å². The van der Waals surface area contributed by atoms with Gasteiger partial charge in [0, 0.05) is 41.4 Å². The van der Waals surface area contributed by atoms with Crippen LogP contribution in [0, 0.1) is 5.92 Å². The highest BCUT2D eigenvalue weighted by atomic mass is 35.5. The van der Waals surface area contributed by atoms with Gasteiger partial charge in [0.25, 0.3) is 10.0 Å². The van der Waals surface area contributed by atoms with Gasteiger partial charge >= 0.3 is 0 Å². The number of thiol groups is 1. The summed E-state index contributed by atoms with van der Waals surface area (Å²) >= 11 is 10.7. The Labute approximate surface area is 216 Å². The lowest BCUT2D eigenvalue weighted by molar-refractivity contribution is -0.129. The maximum atomic E-state index is 12.6. The van der Waals surface area contributed by atoms with Crippen molar-refractivity contribution in [3.63, 3.8) is 0 Å². The molecule has 1 atom stereocenters. The predicted molar refractivity (Wildman–Crippen MR) is 140 cm³/mol. The first kappa shape index (κ1) is 28.7. The van der Waals surface area contributed by atoms with Crippen molar-refractivity contribution in [2.24, 2.45) is 5.92 Å². The van der Waals surface area contributed by atoms with E-state index in [9.17, 15) is 22.8 Å². The molecular formula is C24H30ClN3O5S2. The number of hydrogen-bond donors (Lipinski definition) is 4. The van der Waals surface area contributed by atoms with Crippen LogP contribution in [-0.4, -0.2) is 37.9 Å². The first-order valence-corrected chi connectivity index (χ1v) is 13.5. The zero-order valence-electron chi connectivity index (χ0n) is 19.8. The van der Waals surface area contributed by atoms with Gasteiger partial charge < -0.3 is 10.6 Å². The molecule has 0 aromatic heterocycles. The minimum absolute atomic E-state index is 0.0823. The molecule has 0 unspecified atom stereocenters. The van der Waals surface area contributed by atoms with Crippen molar-refractivity contribution in [1.82, 2.24) is 15.4 Å². The summed E-state index contributed by atoms with van der Waals surface area (Å²) < 4.78 is 27.1. The number of rotatable bonds is 11. The average Bonchev–Trinajstić information content (AvgIpc) is 2.76. The Morgan fingerprint density at radius 1 is 1.03 bits per heavy atom. The molecule has 2 aromatic rings. The van der Waals surface area contributed by atoms with Crippen LogP contribution < -0.4 is 15.4 Å². The standard InChI is InChI=1S/C24H30ClN3O5S2/c1-15(2)10-18(14-34)27-24(31)12-23(30)26-13-17-8-9-19(21(25)11-17)20-6-4-5-7-22(20)35(32,33)28-16(3)29/h4-9,11,15,18,34H,10,12-14H2,1-3H3,(H,26,30)(H,27,31)(H,28,29)/t18-/m1/s1. The molecule has 0 heterocycles. The second-order valence-corrected chi connectivity index (χ2v) is 10.9. The highest BCUT2D eigenvalue weighted by Crippen LogP contribution is 2.33. The lowest BCUT2D eigenvalue weighted by Gasteiger charge is -2.18. The number of carbonyl (C=O) groups excluding carboxylic acids is 3. The Bertz CT molecular complexity index is 1190. The van der Waals surface area contributed by atoms with Crippen molar-refractivity contribution in [1.29, 1.82) is 0 Å². The SMILES string of the molecule is CC(=O)NS(=O)(=O)c1ccccc1-c1ccc(CNC(=O)CC(=O)N[C@@H](CS)CC(C)C)cc1Cl. The highest BCUT2D eigenvalue weighted by molar-refractivity contribution is 7.90. The molecular weight excluding hydrogens is 510 g/mol. The minimum Gasteiger partial charge on any atom is -0.352 e. The van der Waals surface area contributed by atoms with Gasteiger partial charge in [-0.3, -0.25) is 14.4 Å². The summed E-state index contributed by atoms with van der Waals surface area (Å²) in [6, 6.07) is 11.0. The van der Waals surface area contributed by atoms with Crippen LogP contribution in [0.25, 0.3) is 11.1 Å². The van der Waals surface area contributed by atoms with Crippen LogP contribution in [0.5, 0.6) is 0 Å². The molecule has 0 saturated carbocycles. The van der Waals surface area contributed by atoms with Crippen LogP contribution in [0.15, 0.2) is 47.4 Å². The molecule has 0 fully saturated rings. The molecule has 0 radical (unpaired) electrons. The quantitative estimate of drug-likeness (QED) is 0.258. The number of benzene rings is 2. The Morgan fingerprint density at radius 2 is 1.71 bits per heavy atom. The summed E-state index contributed by atoms with van der Waals surface area (Å²) in [5, 5.41) is 5.77. The second-order valence-electron chi connectivity index (χ2n) is 8.50. The van der Waals surface area contributed by atoms with E-state index in [2.05, 4.69) is 23.3 Å². The lowest BCUT2D eigenvalue weighted by Crippen LogP contribution is -2.39. The number of sulfonamides is 1. The largest absolute Gasteiger partial charge is 0.352 e. The first-order chi connectivity index (χ1) is 16.4. The molecule has 0 aliphatic rings. The topological polar surface area (TPSA) is 121 Å². The van der Waals surface area contributed by atoms with Gasteiger partial charge in [-0.1, -0.05) is 55.8 Å². The van der Waals surface area contributed by atoms with E-state index in [-0.39, 0.29) is 34.8 Å². The molecule has 0 aliphatic carbocycles.